The molecule has 158 valence electrons. The van der Waals surface area contributed by atoms with Gasteiger partial charge in [0.15, 0.2) is 17.3 Å². The molecule has 31 heavy (non-hydrogen) atoms. The van der Waals surface area contributed by atoms with Gasteiger partial charge in [0.2, 0.25) is 5.95 Å². The van der Waals surface area contributed by atoms with Crippen LogP contribution in [-0.4, -0.2) is 35.9 Å². The van der Waals surface area contributed by atoms with Crippen molar-refractivity contribution in [3.05, 3.63) is 76.6 Å². The first-order valence-electron chi connectivity index (χ1n) is 9.97. The number of nitrogens with zero attached hydrogens (tertiary/aromatic N) is 2. The van der Waals surface area contributed by atoms with E-state index in [1.54, 1.807) is 26.4 Å². The summed E-state index contributed by atoms with van der Waals surface area (Å²) in [4.78, 5) is 33.9. The largest absolute Gasteiger partial charge is 0.493 e. The molecule has 4 rings (SSSR count). The van der Waals surface area contributed by atoms with Crippen molar-refractivity contribution in [2.75, 3.05) is 19.5 Å². The monoisotopic (exact) mass is 417 g/mol. The van der Waals surface area contributed by atoms with Gasteiger partial charge >= 0.3 is 0 Å². The number of fused-ring (bicyclic) bond motifs is 1. The molecule has 0 fully saturated rings. The van der Waals surface area contributed by atoms with Crippen LogP contribution >= 0.6 is 0 Å². The number of benzene rings is 2. The van der Waals surface area contributed by atoms with E-state index in [0.717, 1.165) is 11.1 Å². The average molecular weight is 417 g/mol. The molecule has 7 nitrogen and oxygen atoms in total. The molecular weight excluding hydrogens is 394 g/mol. The van der Waals surface area contributed by atoms with Gasteiger partial charge in [-0.05, 0) is 49.1 Å². The zero-order chi connectivity index (χ0) is 22.0. The van der Waals surface area contributed by atoms with Gasteiger partial charge in [0.25, 0.3) is 5.91 Å². The predicted molar refractivity (Wildman–Crippen MR) is 116 cm³/mol. The van der Waals surface area contributed by atoms with Crippen LogP contribution in [0.3, 0.4) is 0 Å². The number of rotatable bonds is 5. The van der Waals surface area contributed by atoms with E-state index in [1.807, 2.05) is 37.3 Å². The predicted octanol–water partition coefficient (Wildman–Crippen LogP) is 3.97. The van der Waals surface area contributed by atoms with Crippen molar-refractivity contribution in [2.24, 2.45) is 0 Å². The first-order chi connectivity index (χ1) is 15.0. The summed E-state index contributed by atoms with van der Waals surface area (Å²) in [6.07, 6.45) is 2.43. The van der Waals surface area contributed by atoms with Crippen LogP contribution in [0, 0.1) is 6.92 Å². The standard InChI is InChI=1S/C24H23N3O4/c1-14-5-4-6-16(9-14)23(29)27-24-25-13-18-19(26-24)10-17(11-20(18)28)15-7-8-21(30-2)22(12-15)31-3/h4-9,12-13,17H,10-11H2,1-3H3,(H,25,26,27,29)/t17-/m1/s1. The summed E-state index contributed by atoms with van der Waals surface area (Å²) in [5.41, 5.74) is 3.62. The molecular formula is C24H23N3O4. The Balaban J connectivity index is 1.58. The molecule has 0 saturated carbocycles. The quantitative estimate of drug-likeness (QED) is 0.676. The number of carbonyl (C=O) groups excluding carboxylic acids is 2. The molecule has 3 aromatic rings. The van der Waals surface area contributed by atoms with E-state index >= 15 is 0 Å². The molecule has 1 atom stereocenters. The second kappa shape index (κ2) is 8.55. The molecule has 0 aliphatic heterocycles. The van der Waals surface area contributed by atoms with E-state index in [1.165, 1.54) is 6.20 Å². The van der Waals surface area contributed by atoms with Gasteiger partial charge < -0.3 is 9.47 Å². The highest BCUT2D eigenvalue weighted by atomic mass is 16.5. The summed E-state index contributed by atoms with van der Waals surface area (Å²) in [5.74, 6) is 1.09. The number of nitrogens with one attached hydrogen (secondary N) is 1. The second-order valence-corrected chi connectivity index (χ2v) is 7.52. The molecule has 1 heterocycles. The minimum atomic E-state index is -0.290. The maximum Gasteiger partial charge on any atom is 0.258 e. The van der Waals surface area contributed by atoms with E-state index < -0.39 is 0 Å². The third-order valence-corrected chi connectivity index (χ3v) is 5.42. The van der Waals surface area contributed by atoms with Crippen LogP contribution in [0.5, 0.6) is 11.5 Å². The Labute approximate surface area is 180 Å². The number of methoxy groups -OCH3 is 2. The number of aromatic nitrogens is 2. The lowest BCUT2D eigenvalue weighted by Gasteiger charge is -2.24. The number of amides is 1. The SMILES string of the molecule is COc1ccc([C@H]2CC(=O)c3cnc(NC(=O)c4cccc(C)c4)nc3C2)cc1OC. The molecule has 0 unspecified atom stereocenters. The molecule has 1 N–H and O–H groups in total. The highest BCUT2D eigenvalue weighted by Gasteiger charge is 2.29. The Bertz CT molecular complexity index is 1160. The van der Waals surface area contributed by atoms with Gasteiger partial charge in [0, 0.05) is 18.2 Å². The van der Waals surface area contributed by atoms with Crippen molar-refractivity contribution in [3.63, 3.8) is 0 Å². The summed E-state index contributed by atoms with van der Waals surface area (Å²) in [7, 11) is 3.17. The number of ketones is 1. The molecule has 1 amide bonds. The van der Waals surface area contributed by atoms with Gasteiger partial charge in [0.1, 0.15) is 0 Å². The molecule has 2 aromatic carbocycles. The van der Waals surface area contributed by atoms with Crippen molar-refractivity contribution >= 4 is 17.6 Å². The Morgan fingerprint density at radius 1 is 1.06 bits per heavy atom. The van der Waals surface area contributed by atoms with E-state index in [-0.39, 0.29) is 23.6 Å². The molecule has 0 radical (unpaired) electrons. The van der Waals surface area contributed by atoms with Crippen LogP contribution in [0.1, 0.15) is 49.9 Å². The number of hydrogen-bond acceptors (Lipinski definition) is 6. The Morgan fingerprint density at radius 3 is 2.61 bits per heavy atom. The normalized spacial score (nSPS) is 15.2. The van der Waals surface area contributed by atoms with Crippen LogP contribution < -0.4 is 14.8 Å². The minimum Gasteiger partial charge on any atom is -0.493 e. The third-order valence-electron chi connectivity index (χ3n) is 5.42. The Kier molecular flexibility index (Phi) is 5.66. The Hall–Kier alpha value is -3.74. The summed E-state index contributed by atoms with van der Waals surface area (Å²) >= 11 is 0. The van der Waals surface area contributed by atoms with E-state index in [9.17, 15) is 9.59 Å². The smallest absolute Gasteiger partial charge is 0.258 e. The fraction of sp³-hybridized carbons (Fsp3) is 0.250. The molecule has 1 aliphatic carbocycles. The lowest BCUT2D eigenvalue weighted by molar-refractivity contribution is 0.0962. The minimum absolute atomic E-state index is 0.0161. The highest BCUT2D eigenvalue weighted by Crippen LogP contribution is 2.36. The van der Waals surface area contributed by atoms with Crippen LogP contribution in [0.4, 0.5) is 5.95 Å². The lowest BCUT2D eigenvalue weighted by atomic mass is 9.82. The molecule has 1 aromatic heterocycles. The molecule has 1 aliphatic rings. The summed E-state index contributed by atoms with van der Waals surface area (Å²) in [5, 5.41) is 2.73. The fourth-order valence-corrected chi connectivity index (χ4v) is 3.81. The zero-order valence-electron chi connectivity index (χ0n) is 17.6. The second-order valence-electron chi connectivity index (χ2n) is 7.52. The van der Waals surface area contributed by atoms with Gasteiger partial charge in [-0.15, -0.1) is 0 Å². The van der Waals surface area contributed by atoms with Crippen molar-refractivity contribution < 1.29 is 19.1 Å². The topological polar surface area (TPSA) is 90.4 Å². The number of ether oxygens (including phenoxy) is 2. The molecule has 0 saturated heterocycles. The number of aryl methyl sites for hydroxylation is 1. The van der Waals surface area contributed by atoms with Crippen molar-refractivity contribution in [2.45, 2.75) is 25.7 Å². The summed E-state index contributed by atoms with van der Waals surface area (Å²) in [6.45, 7) is 1.92. The van der Waals surface area contributed by atoms with Crippen molar-refractivity contribution in [3.8, 4) is 11.5 Å². The van der Waals surface area contributed by atoms with Crippen molar-refractivity contribution in [1.82, 2.24) is 9.97 Å². The number of carbonyl (C=O) groups is 2. The summed E-state index contributed by atoms with van der Waals surface area (Å²) in [6, 6.07) is 12.9. The van der Waals surface area contributed by atoms with Crippen LogP contribution in [0.25, 0.3) is 0 Å². The van der Waals surface area contributed by atoms with Crippen LogP contribution in [0.2, 0.25) is 0 Å². The maximum atomic E-state index is 12.7. The van der Waals surface area contributed by atoms with Crippen molar-refractivity contribution in [1.29, 1.82) is 0 Å². The Morgan fingerprint density at radius 2 is 1.87 bits per heavy atom. The van der Waals surface area contributed by atoms with E-state index in [4.69, 9.17) is 9.47 Å². The van der Waals surface area contributed by atoms with Crippen LogP contribution in [-0.2, 0) is 6.42 Å². The maximum absolute atomic E-state index is 12.7. The third kappa shape index (κ3) is 4.26. The van der Waals surface area contributed by atoms with Gasteiger partial charge in [-0.1, -0.05) is 23.8 Å². The lowest BCUT2D eigenvalue weighted by Crippen LogP contribution is -2.22. The van der Waals surface area contributed by atoms with Gasteiger partial charge in [0.05, 0.1) is 25.5 Å². The van der Waals surface area contributed by atoms with E-state index in [2.05, 4.69) is 15.3 Å². The summed E-state index contributed by atoms with van der Waals surface area (Å²) < 4.78 is 10.7. The highest BCUT2D eigenvalue weighted by molar-refractivity contribution is 6.03. The molecule has 0 bridgehead atoms. The van der Waals surface area contributed by atoms with Gasteiger partial charge in [-0.25, -0.2) is 9.97 Å². The number of Topliss-reactive ketones (excluding diaryl/α,β-unsaturated/α-hetero) is 1. The van der Waals surface area contributed by atoms with E-state index in [0.29, 0.717) is 41.2 Å². The first-order valence-corrected chi connectivity index (χ1v) is 9.97. The fourth-order valence-electron chi connectivity index (χ4n) is 3.81. The molecule has 7 heteroatoms. The average Bonchev–Trinajstić information content (AvgIpc) is 2.78. The molecule has 0 spiro atoms. The number of anilines is 1. The van der Waals surface area contributed by atoms with Gasteiger partial charge in [-0.3, -0.25) is 14.9 Å². The number of hydrogen-bond donors (Lipinski definition) is 1. The first kappa shape index (κ1) is 20.5. The van der Waals surface area contributed by atoms with Crippen LogP contribution in [0.15, 0.2) is 48.7 Å². The van der Waals surface area contributed by atoms with Gasteiger partial charge in [-0.2, -0.15) is 0 Å². The zero-order valence-corrected chi connectivity index (χ0v) is 17.6.